The highest BCUT2D eigenvalue weighted by molar-refractivity contribution is 5.70. The summed E-state index contributed by atoms with van der Waals surface area (Å²) in [5.41, 5.74) is 0.518. The summed E-state index contributed by atoms with van der Waals surface area (Å²) in [4.78, 5) is 10.8. The van der Waals surface area contributed by atoms with Crippen molar-refractivity contribution in [3.63, 3.8) is 0 Å². The van der Waals surface area contributed by atoms with Gasteiger partial charge in [0.15, 0.2) is 11.5 Å². The Bertz CT molecular complexity index is 429. The Balaban J connectivity index is 2.24. The van der Waals surface area contributed by atoms with Crippen molar-refractivity contribution < 1.29 is 24.5 Å². The fourth-order valence-electron chi connectivity index (χ4n) is 1.67. The SMILES string of the molecule is C[C@H](C(=O)O)[C@H](O)c1ccc2c(c1)OCCO2. The Morgan fingerprint density at radius 3 is 2.59 bits per heavy atom. The van der Waals surface area contributed by atoms with Gasteiger partial charge in [-0.15, -0.1) is 0 Å². The predicted octanol–water partition coefficient (Wildman–Crippen LogP) is 1.21. The number of carboxylic acid groups (broad SMARTS) is 1. The third kappa shape index (κ3) is 2.34. The molecule has 0 saturated heterocycles. The lowest BCUT2D eigenvalue weighted by atomic mass is 9.97. The normalized spacial score (nSPS) is 17.3. The number of carbonyl (C=O) groups is 1. The number of carboxylic acids is 1. The molecule has 1 aromatic carbocycles. The first-order valence-corrected chi connectivity index (χ1v) is 5.40. The first-order chi connectivity index (χ1) is 8.09. The highest BCUT2D eigenvalue weighted by atomic mass is 16.6. The van der Waals surface area contributed by atoms with Gasteiger partial charge in [0.05, 0.1) is 12.0 Å². The average Bonchev–Trinajstić information content (AvgIpc) is 2.36. The molecule has 0 saturated carbocycles. The van der Waals surface area contributed by atoms with E-state index in [0.717, 1.165) is 0 Å². The van der Waals surface area contributed by atoms with Crippen molar-refractivity contribution in [1.29, 1.82) is 0 Å². The van der Waals surface area contributed by atoms with E-state index in [9.17, 15) is 9.90 Å². The van der Waals surface area contributed by atoms with Crippen LogP contribution in [0, 0.1) is 5.92 Å². The van der Waals surface area contributed by atoms with Crippen LogP contribution in [0.1, 0.15) is 18.6 Å². The number of fused-ring (bicyclic) bond motifs is 1. The summed E-state index contributed by atoms with van der Waals surface area (Å²) < 4.78 is 10.7. The van der Waals surface area contributed by atoms with E-state index in [1.54, 1.807) is 18.2 Å². The number of benzene rings is 1. The highest BCUT2D eigenvalue weighted by Gasteiger charge is 2.24. The third-order valence-electron chi connectivity index (χ3n) is 2.77. The zero-order valence-electron chi connectivity index (χ0n) is 9.42. The first-order valence-electron chi connectivity index (χ1n) is 5.40. The molecular formula is C12H14O5. The fraction of sp³-hybridized carbons (Fsp3) is 0.417. The quantitative estimate of drug-likeness (QED) is 0.827. The number of aliphatic carboxylic acids is 1. The minimum atomic E-state index is -1.05. The van der Waals surface area contributed by atoms with Crippen molar-refractivity contribution in [3.05, 3.63) is 23.8 Å². The first kappa shape index (κ1) is 11.7. The Hall–Kier alpha value is -1.75. The molecule has 1 heterocycles. The number of rotatable bonds is 3. The van der Waals surface area contributed by atoms with Crippen LogP contribution in [-0.4, -0.2) is 29.4 Å². The van der Waals surface area contributed by atoms with Crippen molar-refractivity contribution in [2.24, 2.45) is 5.92 Å². The summed E-state index contributed by atoms with van der Waals surface area (Å²) in [6, 6.07) is 4.96. The van der Waals surface area contributed by atoms with Crippen LogP contribution >= 0.6 is 0 Å². The van der Waals surface area contributed by atoms with E-state index < -0.39 is 18.0 Å². The third-order valence-corrected chi connectivity index (χ3v) is 2.77. The van der Waals surface area contributed by atoms with Crippen LogP contribution in [0.25, 0.3) is 0 Å². The molecule has 92 valence electrons. The highest BCUT2D eigenvalue weighted by Crippen LogP contribution is 2.34. The molecule has 0 amide bonds. The number of hydrogen-bond donors (Lipinski definition) is 2. The maximum Gasteiger partial charge on any atom is 0.309 e. The van der Waals surface area contributed by atoms with E-state index in [4.69, 9.17) is 14.6 Å². The monoisotopic (exact) mass is 238 g/mol. The topological polar surface area (TPSA) is 76.0 Å². The number of aliphatic hydroxyl groups is 1. The molecule has 5 nitrogen and oxygen atoms in total. The molecule has 0 spiro atoms. The molecule has 0 unspecified atom stereocenters. The van der Waals surface area contributed by atoms with Gasteiger partial charge in [0.1, 0.15) is 13.2 Å². The van der Waals surface area contributed by atoms with Gasteiger partial charge < -0.3 is 19.7 Å². The minimum absolute atomic E-state index is 0.459. The molecule has 2 N–H and O–H groups in total. The Morgan fingerprint density at radius 1 is 1.29 bits per heavy atom. The summed E-state index contributed by atoms with van der Waals surface area (Å²) in [7, 11) is 0. The average molecular weight is 238 g/mol. The van der Waals surface area contributed by atoms with Gasteiger partial charge in [0.25, 0.3) is 0 Å². The second-order valence-electron chi connectivity index (χ2n) is 3.97. The lowest BCUT2D eigenvalue weighted by Crippen LogP contribution is -2.19. The Morgan fingerprint density at radius 2 is 1.94 bits per heavy atom. The Kier molecular flexibility index (Phi) is 3.19. The number of aliphatic hydroxyl groups excluding tert-OH is 1. The van der Waals surface area contributed by atoms with Gasteiger partial charge in [-0.05, 0) is 24.6 Å². The molecule has 0 aromatic heterocycles. The van der Waals surface area contributed by atoms with E-state index in [1.165, 1.54) is 6.92 Å². The minimum Gasteiger partial charge on any atom is -0.486 e. The van der Waals surface area contributed by atoms with Crippen LogP contribution in [0.15, 0.2) is 18.2 Å². The smallest absolute Gasteiger partial charge is 0.309 e. The lowest BCUT2D eigenvalue weighted by molar-refractivity contribution is -0.145. The van der Waals surface area contributed by atoms with Crippen LogP contribution in [0.3, 0.4) is 0 Å². The molecule has 0 bridgehead atoms. The molecule has 1 aliphatic rings. The van der Waals surface area contributed by atoms with Crippen molar-refractivity contribution in [2.75, 3.05) is 13.2 Å². The van der Waals surface area contributed by atoms with E-state index >= 15 is 0 Å². The molecule has 2 atom stereocenters. The van der Waals surface area contributed by atoms with Crippen LogP contribution < -0.4 is 9.47 Å². The van der Waals surface area contributed by atoms with Gasteiger partial charge >= 0.3 is 5.97 Å². The summed E-state index contributed by atoms with van der Waals surface area (Å²) in [6.07, 6.45) is -1.05. The van der Waals surface area contributed by atoms with E-state index in [0.29, 0.717) is 30.3 Å². The van der Waals surface area contributed by atoms with Gasteiger partial charge in [-0.1, -0.05) is 6.07 Å². The second kappa shape index (κ2) is 4.63. The van der Waals surface area contributed by atoms with E-state index in [1.807, 2.05) is 0 Å². The van der Waals surface area contributed by atoms with Crippen LogP contribution in [0.5, 0.6) is 11.5 Å². The lowest BCUT2D eigenvalue weighted by Gasteiger charge is -2.21. The predicted molar refractivity (Wildman–Crippen MR) is 59.2 cm³/mol. The maximum atomic E-state index is 10.8. The molecular weight excluding hydrogens is 224 g/mol. The molecule has 0 aliphatic carbocycles. The molecule has 0 fully saturated rings. The molecule has 17 heavy (non-hydrogen) atoms. The van der Waals surface area contributed by atoms with Gasteiger partial charge in [-0.3, -0.25) is 4.79 Å². The van der Waals surface area contributed by atoms with Gasteiger partial charge in [-0.2, -0.15) is 0 Å². The molecule has 1 aliphatic heterocycles. The van der Waals surface area contributed by atoms with Gasteiger partial charge in [0, 0.05) is 0 Å². The number of ether oxygens (including phenoxy) is 2. The Labute approximate surface area is 98.6 Å². The summed E-state index contributed by atoms with van der Waals surface area (Å²) in [6.45, 7) is 2.42. The van der Waals surface area contributed by atoms with Crippen molar-refractivity contribution >= 4 is 5.97 Å². The van der Waals surface area contributed by atoms with E-state index in [2.05, 4.69) is 0 Å². The standard InChI is InChI=1S/C12H14O5/c1-7(12(14)15)11(13)8-2-3-9-10(6-8)17-5-4-16-9/h2-3,6-7,11,13H,4-5H2,1H3,(H,14,15)/t7-,11-/m0/s1. The molecule has 1 aromatic rings. The maximum absolute atomic E-state index is 10.8. The van der Waals surface area contributed by atoms with Gasteiger partial charge in [0.2, 0.25) is 0 Å². The summed E-state index contributed by atoms with van der Waals surface area (Å²) in [5.74, 6) is -0.731. The summed E-state index contributed by atoms with van der Waals surface area (Å²) >= 11 is 0. The van der Waals surface area contributed by atoms with Crippen molar-refractivity contribution in [1.82, 2.24) is 0 Å². The number of hydrogen-bond acceptors (Lipinski definition) is 4. The zero-order valence-corrected chi connectivity index (χ0v) is 9.42. The fourth-order valence-corrected chi connectivity index (χ4v) is 1.67. The largest absolute Gasteiger partial charge is 0.486 e. The second-order valence-corrected chi connectivity index (χ2v) is 3.97. The van der Waals surface area contributed by atoms with Crippen molar-refractivity contribution in [3.8, 4) is 11.5 Å². The molecule has 2 rings (SSSR count). The van der Waals surface area contributed by atoms with Crippen LogP contribution in [0.2, 0.25) is 0 Å². The summed E-state index contributed by atoms with van der Waals surface area (Å²) in [5, 5.41) is 18.7. The zero-order chi connectivity index (χ0) is 12.4. The van der Waals surface area contributed by atoms with Crippen LogP contribution in [-0.2, 0) is 4.79 Å². The van der Waals surface area contributed by atoms with Crippen molar-refractivity contribution in [2.45, 2.75) is 13.0 Å². The molecule has 0 radical (unpaired) electrons. The van der Waals surface area contributed by atoms with Crippen LogP contribution in [0.4, 0.5) is 0 Å². The van der Waals surface area contributed by atoms with E-state index in [-0.39, 0.29) is 0 Å². The molecule has 5 heteroatoms. The van der Waals surface area contributed by atoms with Gasteiger partial charge in [-0.25, -0.2) is 0 Å².